The fraction of sp³-hybridized carbons (Fsp3) is 0.224. The maximum Gasteiger partial charge on any atom is 0.165 e. The summed E-state index contributed by atoms with van der Waals surface area (Å²) in [6.45, 7) is 12.4. The van der Waals surface area contributed by atoms with Gasteiger partial charge in [0, 0.05) is 8.27 Å². The van der Waals surface area contributed by atoms with Crippen LogP contribution in [-0.2, 0) is 23.2 Å². The van der Waals surface area contributed by atoms with Gasteiger partial charge in [-0.05, 0) is 90.7 Å². The van der Waals surface area contributed by atoms with E-state index < -0.39 is 8.07 Å². The first-order valence-electron chi connectivity index (χ1n) is 18.7. The van der Waals surface area contributed by atoms with Crippen molar-refractivity contribution in [2.45, 2.75) is 64.8 Å². The summed E-state index contributed by atoms with van der Waals surface area (Å²) in [6.07, 6.45) is 9.38. The van der Waals surface area contributed by atoms with E-state index in [4.69, 9.17) is 25.4 Å². The highest BCUT2D eigenvalue weighted by Gasteiger charge is 2.23. The van der Waals surface area contributed by atoms with Crippen molar-refractivity contribution < 1.29 is 26.2 Å². The summed E-state index contributed by atoms with van der Waals surface area (Å²) >= 11 is 0. The molecular weight excluding hydrogens is 700 g/mol. The summed E-state index contributed by atoms with van der Waals surface area (Å²) in [5, 5.41) is 1.50. The van der Waals surface area contributed by atoms with Gasteiger partial charge in [0.2, 0.25) is 0 Å². The van der Waals surface area contributed by atoms with Crippen molar-refractivity contribution >= 4 is 13.3 Å². The Morgan fingerprint density at radius 3 is 1.96 bits per heavy atom. The molecule has 0 fully saturated rings. The molecule has 0 N–H and O–H groups in total. The third-order valence-electron chi connectivity index (χ3n) is 9.49. The number of hydrogen-bond donors (Lipinski definition) is 0. The molecule has 0 aliphatic carbocycles. The highest BCUT2D eigenvalue weighted by atomic mass is 28.3. The molecule has 0 heterocycles. The van der Waals surface area contributed by atoms with Crippen LogP contribution in [0, 0.1) is 25.3 Å². The molecule has 286 valence electrons. The normalized spacial score (nSPS) is 11.1. The second kappa shape index (κ2) is 19.6. The topological polar surface area (TPSA) is 36.9 Å². The maximum absolute atomic E-state index is 14.1. The van der Waals surface area contributed by atoms with E-state index in [2.05, 4.69) is 64.2 Å². The lowest BCUT2D eigenvalue weighted by atomic mass is 9.85. The van der Waals surface area contributed by atoms with Crippen molar-refractivity contribution in [2.75, 3.05) is 6.61 Å². The standard InChI is InChI=1S/C25H24O3.C24H27FOSi.2H2/c1-4-27-22-15-13-21(14-16-22)25(2,3)19-26-18-20-9-8-12-24(17-20)28-23-10-6-5-7-11-23;1-19-11-14-22(15-12-19)27(2,3)17-7-8-20-13-16-23(25)24(18-20)26-21-9-5-4-6-10-21;;/h1,5-17H,18-19H2,2-3H3;4-6,9-16,18H,7-8,17H2,1-3H3;2*1H. The van der Waals surface area contributed by atoms with Gasteiger partial charge in [0.1, 0.15) is 29.1 Å². The average molecular weight is 755 g/mol. The van der Waals surface area contributed by atoms with Crippen LogP contribution in [-0.4, -0.2) is 14.7 Å². The van der Waals surface area contributed by atoms with Crippen LogP contribution >= 0.6 is 0 Å². The van der Waals surface area contributed by atoms with Gasteiger partial charge in [0.25, 0.3) is 0 Å². The lowest BCUT2D eigenvalue weighted by molar-refractivity contribution is 0.0824. The molecule has 6 aromatic carbocycles. The number of hydrogen-bond acceptors (Lipinski definition) is 4. The zero-order chi connectivity index (χ0) is 39.1. The fourth-order valence-corrected chi connectivity index (χ4v) is 8.57. The van der Waals surface area contributed by atoms with Gasteiger partial charge in [-0.2, -0.15) is 0 Å². The van der Waals surface area contributed by atoms with E-state index in [0.717, 1.165) is 41.0 Å². The van der Waals surface area contributed by atoms with Gasteiger partial charge in [0.15, 0.2) is 11.6 Å². The molecule has 0 aliphatic heterocycles. The summed E-state index contributed by atoms with van der Waals surface area (Å²) in [5.74, 6) is 2.92. The summed E-state index contributed by atoms with van der Waals surface area (Å²) in [6, 6.07) is 50.3. The Morgan fingerprint density at radius 1 is 0.673 bits per heavy atom. The predicted octanol–water partition coefficient (Wildman–Crippen LogP) is 12.9. The molecule has 55 heavy (non-hydrogen) atoms. The largest absolute Gasteiger partial charge is 0.457 e. The minimum atomic E-state index is -1.45. The molecular formula is C49H55FO4Si. The second-order valence-corrected chi connectivity index (χ2v) is 19.8. The van der Waals surface area contributed by atoms with E-state index in [1.165, 1.54) is 22.9 Å². The quantitative estimate of drug-likeness (QED) is 0.0773. The molecule has 0 aliphatic rings. The molecule has 0 radical (unpaired) electrons. The smallest absolute Gasteiger partial charge is 0.165 e. The highest BCUT2D eigenvalue weighted by Crippen LogP contribution is 2.28. The molecule has 0 atom stereocenters. The molecule has 0 bridgehead atoms. The Bertz CT molecular complexity index is 2120. The first-order chi connectivity index (χ1) is 26.5. The van der Waals surface area contributed by atoms with Crippen molar-refractivity contribution in [3.05, 3.63) is 180 Å². The highest BCUT2D eigenvalue weighted by molar-refractivity contribution is 6.89. The van der Waals surface area contributed by atoms with Crippen LogP contribution in [0.15, 0.2) is 152 Å². The Labute approximate surface area is 330 Å². The second-order valence-electron chi connectivity index (χ2n) is 15.0. The summed E-state index contributed by atoms with van der Waals surface area (Å²) < 4.78 is 36.8. The average Bonchev–Trinajstić information content (AvgIpc) is 3.18. The third-order valence-corrected chi connectivity index (χ3v) is 13.0. The Morgan fingerprint density at radius 2 is 1.31 bits per heavy atom. The minimum absolute atomic E-state index is 0. The van der Waals surface area contributed by atoms with E-state index in [0.29, 0.717) is 30.5 Å². The van der Waals surface area contributed by atoms with Crippen LogP contribution in [0.1, 0.15) is 45.4 Å². The molecule has 4 nitrogen and oxygen atoms in total. The first kappa shape index (κ1) is 40.6. The minimum Gasteiger partial charge on any atom is -0.457 e. The monoisotopic (exact) mass is 754 g/mol. The molecule has 0 unspecified atom stereocenters. The number of para-hydroxylation sites is 2. The fourth-order valence-electron chi connectivity index (χ4n) is 6.15. The van der Waals surface area contributed by atoms with Crippen LogP contribution in [0.4, 0.5) is 4.39 Å². The van der Waals surface area contributed by atoms with Crippen molar-refractivity contribution in [2.24, 2.45) is 0 Å². The zero-order valence-electron chi connectivity index (χ0n) is 32.6. The van der Waals surface area contributed by atoms with Crippen molar-refractivity contribution in [1.82, 2.24) is 0 Å². The van der Waals surface area contributed by atoms with Gasteiger partial charge in [0.05, 0.1) is 21.3 Å². The number of ether oxygens (including phenoxy) is 4. The van der Waals surface area contributed by atoms with E-state index >= 15 is 0 Å². The van der Waals surface area contributed by atoms with Crippen LogP contribution in [0.3, 0.4) is 0 Å². The van der Waals surface area contributed by atoms with Gasteiger partial charge in [-0.3, -0.25) is 0 Å². The lowest BCUT2D eigenvalue weighted by Crippen LogP contribution is -2.41. The molecule has 6 rings (SSSR count). The third kappa shape index (κ3) is 12.7. The number of terminal acetylenes is 1. The Hall–Kier alpha value is -5.61. The first-order valence-corrected chi connectivity index (χ1v) is 21.9. The van der Waals surface area contributed by atoms with E-state index in [1.807, 2.05) is 121 Å². The maximum atomic E-state index is 14.1. The predicted molar refractivity (Wildman–Crippen MR) is 230 cm³/mol. The number of rotatable bonds is 15. The lowest BCUT2D eigenvalue weighted by Gasteiger charge is -2.25. The van der Waals surface area contributed by atoms with Crippen LogP contribution in [0.25, 0.3) is 0 Å². The summed E-state index contributed by atoms with van der Waals surface area (Å²) in [7, 11) is -1.45. The molecule has 0 saturated carbocycles. The van der Waals surface area contributed by atoms with Gasteiger partial charge < -0.3 is 18.9 Å². The molecule has 0 amide bonds. The SMILES string of the molecule is C#COc1ccc(C(C)(C)COCc2cccc(Oc3ccccc3)c2)cc1.Cc1ccc([Si](C)(C)CCCc2ccc(F)c(Oc3ccccc3)c2)cc1.[HH].[HH]. The van der Waals surface area contributed by atoms with Crippen LogP contribution in [0.2, 0.25) is 19.1 Å². The van der Waals surface area contributed by atoms with Crippen LogP contribution in [0.5, 0.6) is 28.7 Å². The van der Waals surface area contributed by atoms with E-state index in [1.54, 1.807) is 0 Å². The van der Waals surface area contributed by atoms with Crippen LogP contribution < -0.4 is 19.4 Å². The molecule has 6 aromatic rings. The van der Waals surface area contributed by atoms with Gasteiger partial charge in [-0.25, -0.2) is 4.39 Å². The molecule has 0 aromatic heterocycles. The van der Waals surface area contributed by atoms with E-state index in [9.17, 15) is 4.39 Å². The Kier molecular flexibility index (Phi) is 14.5. The number of halogens is 1. The van der Waals surface area contributed by atoms with Crippen molar-refractivity contribution in [3.8, 4) is 41.3 Å². The zero-order valence-corrected chi connectivity index (χ0v) is 33.6. The van der Waals surface area contributed by atoms with Crippen molar-refractivity contribution in [1.29, 1.82) is 0 Å². The van der Waals surface area contributed by atoms with Gasteiger partial charge in [-0.1, -0.05) is 148 Å². The summed E-state index contributed by atoms with van der Waals surface area (Å²) in [5.41, 5.74) is 4.53. The van der Waals surface area contributed by atoms with Crippen molar-refractivity contribution in [3.63, 3.8) is 0 Å². The van der Waals surface area contributed by atoms with Gasteiger partial charge >= 0.3 is 0 Å². The molecule has 0 saturated heterocycles. The number of aryl methyl sites for hydroxylation is 2. The molecule has 0 spiro atoms. The molecule has 6 heteroatoms. The Balaban J connectivity index is 0.000000295. The van der Waals surface area contributed by atoms with Gasteiger partial charge in [-0.15, -0.1) is 0 Å². The van der Waals surface area contributed by atoms with E-state index in [-0.39, 0.29) is 14.1 Å². The summed E-state index contributed by atoms with van der Waals surface area (Å²) in [4.78, 5) is 0. The number of benzene rings is 6.